The van der Waals surface area contributed by atoms with E-state index in [9.17, 15) is 29.7 Å². The standard InChI is InChI=1S/C9H6O6.Cu/c10-7(11)4-1-2-5(8(12)13)6(3-4)9(14)15;/h1-3H,(H,10,11)(H,12,13)(H,14,15);/p-3. The Hall–Kier alpha value is -1.85. The Morgan fingerprint density at radius 2 is 1.31 bits per heavy atom. The van der Waals surface area contributed by atoms with Crippen molar-refractivity contribution in [2.24, 2.45) is 0 Å². The van der Waals surface area contributed by atoms with E-state index < -0.39 is 34.6 Å². The van der Waals surface area contributed by atoms with Gasteiger partial charge in [0, 0.05) is 28.2 Å². The molecule has 0 saturated heterocycles. The third-order valence-corrected chi connectivity index (χ3v) is 1.70. The topological polar surface area (TPSA) is 120 Å². The van der Waals surface area contributed by atoms with Crippen molar-refractivity contribution < 1.29 is 46.8 Å². The molecule has 1 aromatic rings. The van der Waals surface area contributed by atoms with Gasteiger partial charge in [0.15, 0.2) is 0 Å². The summed E-state index contributed by atoms with van der Waals surface area (Å²) in [4.78, 5) is 31.3. The molecule has 0 amide bonds. The van der Waals surface area contributed by atoms with E-state index in [0.717, 1.165) is 12.1 Å². The third kappa shape index (κ3) is 2.82. The maximum atomic E-state index is 10.5. The summed E-state index contributed by atoms with van der Waals surface area (Å²) in [6.07, 6.45) is 0. The van der Waals surface area contributed by atoms with Crippen LogP contribution in [0.1, 0.15) is 31.1 Å². The minimum atomic E-state index is -1.79. The Kier molecular flexibility index (Phi) is 4.68. The third-order valence-electron chi connectivity index (χ3n) is 1.70. The molecule has 1 radical (unpaired) electrons. The van der Waals surface area contributed by atoms with Gasteiger partial charge in [0.25, 0.3) is 0 Å². The van der Waals surface area contributed by atoms with Gasteiger partial charge in [0.2, 0.25) is 0 Å². The predicted molar refractivity (Wildman–Crippen MR) is 39.4 cm³/mol. The van der Waals surface area contributed by atoms with Crippen LogP contribution in [0.3, 0.4) is 0 Å². The van der Waals surface area contributed by atoms with Gasteiger partial charge < -0.3 is 29.7 Å². The molecule has 0 saturated carbocycles. The fourth-order valence-corrected chi connectivity index (χ4v) is 1.02. The van der Waals surface area contributed by atoms with E-state index >= 15 is 0 Å². The van der Waals surface area contributed by atoms with E-state index in [4.69, 9.17) is 0 Å². The smallest absolute Gasteiger partial charge is 0.0722 e. The minimum absolute atomic E-state index is 0. The van der Waals surface area contributed by atoms with Crippen molar-refractivity contribution in [1.82, 2.24) is 0 Å². The Morgan fingerprint density at radius 3 is 1.69 bits per heavy atom. The summed E-state index contributed by atoms with van der Waals surface area (Å²) in [5, 5.41) is 31.3. The number of carbonyl (C=O) groups is 3. The molecule has 0 aliphatic carbocycles. The van der Waals surface area contributed by atoms with E-state index in [1.54, 1.807) is 0 Å². The van der Waals surface area contributed by atoms with Gasteiger partial charge in [-0.3, -0.25) is 0 Å². The van der Waals surface area contributed by atoms with E-state index in [1.165, 1.54) is 0 Å². The summed E-state index contributed by atoms with van der Waals surface area (Å²) in [5.41, 5.74) is -1.84. The average molecular weight is 271 g/mol. The maximum absolute atomic E-state index is 10.5. The Morgan fingerprint density at radius 1 is 0.812 bits per heavy atom. The second-order valence-corrected chi connectivity index (χ2v) is 2.62. The van der Waals surface area contributed by atoms with Crippen molar-refractivity contribution in [3.63, 3.8) is 0 Å². The molecule has 0 heterocycles. The second-order valence-electron chi connectivity index (χ2n) is 2.62. The minimum Gasteiger partial charge on any atom is -0.545 e. The molecule has 0 N–H and O–H groups in total. The molecule has 0 atom stereocenters. The molecule has 1 aromatic carbocycles. The van der Waals surface area contributed by atoms with E-state index in [1.807, 2.05) is 0 Å². The summed E-state index contributed by atoms with van der Waals surface area (Å²) < 4.78 is 0. The summed E-state index contributed by atoms with van der Waals surface area (Å²) in [6, 6.07) is 2.37. The van der Waals surface area contributed by atoms with Gasteiger partial charge in [-0.05, 0) is 11.6 Å². The van der Waals surface area contributed by atoms with Crippen LogP contribution in [0, 0.1) is 0 Å². The van der Waals surface area contributed by atoms with Crippen LogP contribution in [0.4, 0.5) is 0 Å². The van der Waals surface area contributed by atoms with Gasteiger partial charge in [0.05, 0.1) is 17.9 Å². The van der Waals surface area contributed by atoms with Gasteiger partial charge in [-0.1, -0.05) is 12.1 Å². The van der Waals surface area contributed by atoms with Gasteiger partial charge in [-0.25, -0.2) is 0 Å². The van der Waals surface area contributed by atoms with Crippen LogP contribution >= 0.6 is 0 Å². The normalized spacial score (nSPS) is 9.00. The van der Waals surface area contributed by atoms with Crippen molar-refractivity contribution in [2.45, 2.75) is 0 Å². The quantitative estimate of drug-likeness (QED) is 0.533. The first-order valence-electron chi connectivity index (χ1n) is 3.71. The molecular formula is C9H3CuO6-3. The van der Waals surface area contributed by atoms with Crippen molar-refractivity contribution >= 4 is 17.9 Å². The maximum Gasteiger partial charge on any atom is 0.0722 e. The predicted octanol–water partition coefficient (Wildman–Crippen LogP) is -3.23. The summed E-state index contributed by atoms with van der Waals surface area (Å²) in [6.45, 7) is 0. The molecule has 7 heteroatoms. The molecule has 0 spiro atoms. The van der Waals surface area contributed by atoms with Crippen LogP contribution in [-0.4, -0.2) is 17.9 Å². The molecule has 0 aliphatic heterocycles. The van der Waals surface area contributed by atoms with Crippen molar-refractivity contribution in [3.05, 3.63) is 34.9 Å². The average Bonchev–Trinajstić information content (AvgIpc) is 2.16. The Balaban J connectivity index is 0.00000225. The zero-order valence-electron chi connectivity index (χ0n) is 7.48. The van der Waals surface area contributed by atoms with Gasteiger partial charge in [-0.15, -0.1) is 0 Å². The van der Waals surface area contributed by atoms with E-state index in [2.05, 4.69) is 0 Å². The Bertz CT molecular complexity index is 453. The van der Waals surface area contributed by atoms with Crippen molar-refractivity contribution in [3.8, 4) is 0 Å². The number of rotatable bonds is 3. The first-order valence-corrected chi connectivity index (χ1v) is 3.71. The number of hydrogen-bond donors (Lipinski definition) is 0. The van der Waals surface area contributed by atoms with Crippen LogP contribution in [0.15, 0.2) is 18.2 Å². The first-order chi connectivity index (χ1) is 6.93. The first kappa shape index (κ1) is 14.1. The molecule has 0 bridgehead atoms. The van der Waals surface area contributed by atoms with E-state index in [0.29, 0.717) is 6.07 Å². The SMILES string of the molecule is O=C([O-])c1ccc(C(=O)[O-])c(C(=O)[O-])c1.[Cu]. The van der Waals surface area contributed by atoms with Gasteiger partial charge >= 0.3 is 0 Å². The van der Waals surface area contributed by atoms with Crippen LogP contribution < -0.4 is 15.3 Å². The fraction of sp³-hybridized carbons (Fsp3) is 0. The van der Waals surface area contributed by atoms with Gasteiger partial charge in [0.1, 0.15) is 0 Å². The number of hydrogen-bond acceptors (Lipinski definition) is 6. The van der Waals surface area contributed by atoms with Crippen LogP contribution in [0.25, 0.3) is 0 Å². The monoisotopic (exact) mass is 270 g/mol. The summed E-state index contributed by atoms with van der Waals surface area (Å²) in [5.74, 6) is -5.13. The molecule has 0 aliphatic rings. The van der Waals surface area contributed by atoms with E-state index in [-0.39, 0.29) is 17.1 Å². The molecule has 0 aromatic heterocycles. The second kappa shape index (κ2) is 5.29. The molecule has 1 rings (SSSR count). The number of benzene rings is 1. The fourth-order valence-electron chi connectivity index (χ4n) is 1.02. The molecule has 16 heavy (non-hydrogen) atoms. The largest absolute Gasteiger partial charge is 0.545 e. The van der Waals surface area contributed by atoms with Crippen molar-refractivity contribution in [1.29, 1.82) is 0 Å². The summed E-state index contributed by atoms with van der Waals surface area (Å²) >= 11 is 0. The molecule has 0 unspecified atom stereocenters. The van der Waals surface area contributed by atoms with Crippen LogP contribution in [-0.2, 0) is 17.1 Å². The number of carboxylic acids is 3. The van der Waals surface area contributed by atoms with Crippen molar-refractivity contribution in [2.75, 3.05) is 0 Å². The van der Waals surface area contributed by atoms with Crippen LogP contribution in [0.5, 0.6) is 0 Å². The number of carboxylic acid groups (broad SMARTS) is 3. The molecule has 6 nitrogen and oxygen atoms in total. The molecular weight excluding hydrogens is 268 g/mol. The molecule has 0 fully saturated rings. The Labute approximate surface area is 100.0 Å². The zero-order chi connectivity index (χ0) is 11.6. The van der Waals surface area contributed by atoms with Gasteiger partial charge in [-0.2, -0.15) is 0 Å². The molecule has 89 valence electrons. The number of carbonyl (C=O) groups excluding carboxylic acids is 3. The number of aromatic carboxylic acids is 3. The van der Waals surface area contributed by atoms with Crippen LogP contribution in [0.2, 0.25) is 0 Å². The zero-order valence-corrected chi connectivity index (χ0v) is 8.42. The summed E-state index contributed by atoms with van der Waals surface area (Å²) in [7, 11) is 0.